The minimum Gasteiger partial charge on any atom is -0.389 e. The van der Waals surface area contributed by atoms with E-state index in [9.17, 15) is 4.79 Å². The van der Waals surface area contributed by atoms with Crippen LogP contribution in [0.3, 0.4) is 0 Å². The van der Waals surface area contributed by atoms with Crippen molar-refractivity contribution in [3.63, 3.8) is 0 Å². The summed E-state index contributed by atoms with van der Waals surface area (Å²) in [4.78, 5) is 12.1. The second kappa shape index (κ2) is 5.93. The average molecular weight is 264 g/mol. The van der Waals surface area contributed by atoms with Crippen molar-refractivity contribution < 1.29 is 9.53 Å². The summed E-state index contributed by atoms with van der Waals surface area (Å²) in [7, 11) is 0. The van der Waals surface area contributed by atoms with Gasteiger partial charge < -0.3 is 15.8 Å². The summed E-state index contributed by atoms with van der Waals surface area (Å²) in [6.07, 6.45) is 1.47. The summed E-state index contributed by atoms with van der Waals surface area (Å²) in [5.74, 6) is -0.0479. The van der Waals surface area contributed by atoms with Gasteiger partial charge in [0.05, 0.1) is 0 Å². The molecule has 3 N–H and O–H groups in total. The van der Waals surface area contributed by atoms with Gasteiger partial charge in [-0.2, -0.15) is 0 Å². The van der Waals surface area contributed by atoms with Crippen molar-refractivity contribution in [1.82, 2.24) is 5.32 Å². The van der Waals surface area contributed by atoms with Gasteiger partial charge in [0.15, 0.2) is 0 Å². The lowest BCUT2D eigenvalue weighted by molar-refractivity contribution is -0.130. The van der Waals surface area contributed by atoms with E-state index >= 15 is 0 Å². The predicted octanol–water partition coefficient (Wildman–Crippen LogP) is 1.12. The van der Waals surface area contributed by atoms with Gasteiger partial charge in [0.2, 0.25) is 5.91 Å². The highest BCUT2D eigenvalue weighted by Gasteiger charge is 2.22. The molecule has 4 nitrogen and oxygen atoms in total. The van der Waals surface area contributed by atoms with Crippen LogP contribution >= 0.6 is 12.2 Å². The third-order valence-electron chi connectivity index (χ3n) is 2.90. The highest BCUT2D eigenvalue weighted by atomic mass is 32.1. The minimum absolute atomic E-state index is 0.0479. The van der Waals surface area contributed by atoms with E-state index in [1.165, 1.54) is 0 Å². The molecule has 1 amide bonds. The van der Waals surface area contributed by atoms with Crippen LogP contribution in [0, 0.1) is 0 Å². The van der Waals surface area contributed by atoms with Gasteiger partial charge in [-0.3, -0.25) is 4.79 Å². The van der Waals surface area contributed by atoms with E-state index in [1.54, 1.807) is 0 Å². The van der Waals surface area contributed by atoms with E-state index in [0.29, 0.717) is 18.1 Å². The first kappa shape index (κ1) is 13.0. The van der Waals surface area contributed by atoms with Crippen molar-refractivity contribution in [3.8, 4) is 0 Å². The standard InChI is InChI=1S/C13H16N2O2S/c14-12(18)10-4-1-3-9(7-10)8-15-13(16)11-5-2-6-17-11/h1,3-4,7,11H,2,5-6,8H2,(H2,14,18)(H,15,16). The topological polar surface area (TPSA) is 64.3 Å². The van der Waals surface area contributed by atoms with Gasteiger partial charge in [0.1, 0.15) is 11.1 Å². The zero-order valence-electron chi connectivity index (χ0n) is 10.0. The van der Waals surface area contributed by atoms with Crippen LogP contribution in [0.2, 0.25) is 0 Å². The van der Waals surface area contributed by atoms with Crippen LogP contribution < -0.4 is 11.1 Å². The second-order valence-corrected chi connectivity index (χ2v) is 4.72. The molecule has 1 unspecified atom stereocenters. The van der Waals surface area contributed by atoms with Crippen molar-refractivity contribution in [1.29, 1.82) is 0 Å². The first-order chi connectivity index (χ1) is 8.66. The van der Waals surface area contributed by atoms with E-state index in [1.807, 2.05) is 24.3 Å². The Morgan fingerprint density at radius 2 is 2.39 bits per heavy atom. The molecule has 96 valence electrons. The maximum absolute atomic E-state index is 11.8. The van der Waals surface area contributed by atoms with E-state index in [4.69, 9.17) is 22.7 Å². The molecule has 2 rings (SSSR count). The largest absolute Gasteiger partial charge is 0.389 e. The predicted molar refractivity (Wildman–Crippen MR) is 73.2 cm³/mol. The first-order valence-corrected chi connectivity index (χ1v) is 6.35. The van der Waals surface area contributed by atoms with Gasteiger partial charge >= 0.3 is 0 Å². The zero-order valence-corrected chi connectivity index (χ0v) is 10.8. The number of nitrogens with one attached hydrogen (secondary N) is 1. The SMILES string of the molecule is NC(=S)c1cccc(CNC(=O)C2CCCO2)c1. The first-order valence-electron chi connectivity index (χ1n) is 5.95. The number of carbonyl (C=O) groups is 1. The molecule has 1 heterocycles. The monoisotopic (exact) mass is 264 g/mol. The molecule has 1 aromatic rings. The number of hydrogen-bond acceptors (Lipinski definition) is 3. The van der Waals surface area contributed by atoms with Crippen LogP contribution in [0.5, 0.6) is 0 Å². The maximum Gasteiger partial charge on any atom is 0.249 e. The second-order valence-electron chi connectivity index (χ2n) is 4.28. The number of thiocarbonyl (C=S) groups is 1. The Morgan fingerprint density at radius 3 is 3.06 bits per heavy atom. The Hall–Kier alpha value is -1.46. The molecule has 18 heavy (non-hydrogen) atoms. The fourth-order valence-corrected chi connectivity index (χ4v) is 2.05. The number of ether oxygens (including phenoxy) is 1. The number of rotatable bonds is 4. The number of hydrogen-bond donors (Lipinski definition) is 2. The smallest absolute Gasteiger partial charge is 0.249 e. The summed E-state index contributed by atoms with van der Waals surface area (Å²) < 4.78 is 5.31. The number of benzene rings is 1. The van der Waals surface area contributed by atoms with Crippen molar-refractivity contribution in [2.24, 2.45) is 5.73 Å². The number of nitrogens with two attached hydrogens (primary N) is 1. The molecular formula is C13H16N2O2S. The average Bonchev–Trinajstić information content (AvgIpc) is 2.90. The van der Waals surface area contributed by atoms with Gasteiger partial charge in [0.25, 0.3) is 0 Å². The molecular weight excluding hydrogens is 248 g/mol. The third kappa shape index (κ3) is 3.27. The van der Waals surface area contributed by atoms with Crippen LogP contribution in [0.4, 0.5) is 0 Å². The summed E-state index contributed by atoms with van der Waals surface area (Å²) >= 11 is 4.92. The molecule has 1 fully saturated rings. The molecule has 5 heteroatoms. The van der Waals surface area contributed by atoms with Gasteiger partial charge in [0, 0.05) is 18.7 Å². The summed E-state index contributed by atoms with van der Waals surface area (Å²) in [5, 5.41) is 2.86. The van der Waals surface area contributed by atoms with Crippen LogP contribution in [0.15, 0.2) is 24.3 Å². The molecule has 0 saturated carbocycles. The van der Waals surface area contributed by atoms with Gasteiger partial charge in [-0.05, 0) is 24.5 Å². The summed E-state index contributed by atoms with van der Waals surface area (Å²) in [6, 6.07) is 7.55. The highest BCUT2D eigenvalue weighted by molar-refractivity contribution is 7.80. The maximum atomic E-state index is 11.8. The molecule has 1 aliphatic heterocycles. The molecule has 0 aromatic heterocycles. The molecule has 1 aromatic carbocycles. The Morgan fingerprint density at radius 1 is 1.56 bits per heavy atom. The quantitative estimate of drug-likeness (QED) is 0.800. The van der Waals surface area contributed by atoms with Crippen molar-refractivity contribution >= 4 is 23.1 Å². The molecule has 0 aliphatic carbocycles. The van der Waals surface area contributed by atoms with Crippen molar-refractivity contribution in [2.45, 2.75) is 25.5 Å². The van der Waals surface area contributed by atoms with Crippen LogP contribution in [0.1, 0.15) is 24.0 Å². The Labute approximate surface area is 112 Å². The van der Waals surface area contributed by atoms with Crippen LogP contribution in [-0.4, -0.2) is 23.6 Å². The third-order valence-corrected chi connectivity index (χ3v) is 3.14. The Bertz CT molecular complexity index is 456. The summed E-state index contributed by atoms with van der Waals surface area (Å²) in [5.41, 5.74) is 7.35. The Balaban J connectivity index is 1.91. The molecule has 0 spiro atoms. The lowest BCUT2D eigenvalue weighted by Gasteiger charge is -2.10. The van der Waals surface area contributed by atoms with Gasteiger partial charge in [-0.1, -0.05) is 30.4 Å². The minimum atomic E-state index is -0.288. The fraction of sp³-hybridized carbons (Fsp3) is 0.385. The van der Waals surface area contributed by atoms with E-state index < -0.39 is 0 Å². The number of amides is 1. The zero-order chi connectivity index (χ0) is 13.0. The lowest BCUT2D eigenvalue weighted by Crippen LogP contribution is -2.33. The van der Waals surface area contributed by atoms with Crippen molar-refractivity contribution in [3.05, 3.63) is 35.4 Å². The van der Waals surface area contributed by atoms with E-state index in [-0.39, 0.29) is 12.0 Å². The van der Waals surface area contributed by atoms with Gasteiger partial charge in [-0.15, -0.1) is 0 Å². The van der Waals surface area contributed by atoms with Crippen LogP contribution in [0.25, 0.3) is 0 Å². The lowest BCUT2D eigenvalue weighted by atomic mass is 10.1. The molecule has 0 radical (unpaired) electrons. The fourth-order valence-electron chi connectivity index (χ4n) is 1.92. The van der Waals surface area contributed by atoms with E-state index in [0.717, 1.165) is 24.0 Å². The molecule has 0 bridgehead atoms. The van der Waals surface area contributed by atoms with E-state index in [2.05, 4.69) is 5.32 Å². The summed E-state index contributed by atoms with van der Waals surface area (Å²) in [6.45, 7) is 1.14. The molecule has 1 aliphatic rings. The molecule has 1 saturated heterocycles. The van der Waals surface area contributed by atoms with Crippen molar-refractivity contribution in [2.75, 3.05) is 6.61 Å². The van der Waals surface area contributed by atoms with Crippen LogP contribution in [-0.2, 0) is 16.1 Å². The van der Waals surface area contributed by atoms with Gasteiger partial charge in [-0.25, -0.2) is 0 Å². The Kier molecular flexibility index (Phi) is 4.28. The number of carbonyl (C=O) groups excluding carboxylic acids is 1. The highest BCUT2D eigenvalue weighted by Crippen LogP contribution is 2.12. The normalized spacial score (nSPS) is 18.6. The molecule has 1 atom stereocenters.